The molecule has 2 aromatic rings. The second-order valence-corrected chi connectivity index (χ2v) is 7.99. The fourth-order valence-electron chi connectivity index (χ4n) is 4.77. The third-order valence-corrected chi connectivity index (χ3v) is 6.25. The summed E-state index contributed by atoms with van der Waals surface area (Å²) >= 11 is 0. The third kappa shape index (κ3) is 3.56. The number of aliphatic hydroxyl groups is 1. The second-order valence-electron chi connectivity index (χ2n) is 7.99. The molecule has 136 valence electrons. The summed E-state index contributed by atoms with van der Waals surface area (Å²) in [6.07, 6.45) is 10.1. The Bertz CT molecular complexity index is 710. The highest BCUT2D eigenvalue weighted by atomic mass is 16.5. The van der Waals surface area contributed by atoms with Gasteiger partial charge < -0.3 is 19.7 Å². The molecule has 0 amide bonds. The number of methoxy groups -OCH3 is 1. The zero-order chi connectivity index (χ0) is 17.3. The number of piperidine rings is 1. The number of aromatic amines is 1. The zero-order valence-electron chi connectivity index (χ0n) is 15.3. The number of likely N-dealkylation sites (tertiary alicyclic amines) is 1. The molecule has 1 aromatic heterocycles. The lowest BCUT2D eigenvalue weighted by Crippen LogP contribution is -2.46. The van der Waals surface area contributed by atoms with E-state index in [1.54, 1.807) is 7.11 Å². The molecular formula is C21H30N2O2. The smallest absolute Gasteiger partial charge is 0.119 e. The summed E-state index contributed by atoms with van der Waals surface area (Å²) in [6.45, 7) is 3.04. The first-order valence-corrected chi connectivity index (χ1v) is 9.77. The van der Waals surface area contributed by atoms with E-state index in [4.69, 9.17) is 4.74 Å². The van der Waals surface area contributed by atoms with Gasteiger partial charge in [-0.2, -0.15) is 0 Å². The van der Waals surface area contributed by atoms with Gasteiger partial charge in [0.25, 0.3) is 0 Å². The Labute approximate surface area is 150 Å². The number of aromatic nitrogens is 1. The van der Waals surface area contributed by atoms with E-state index in [1.807, 2.05) is 6.07 Å². The molecule has 2 heterocycles. The van der Waals surface area contributed by atoms with Crippen LogP contribution < -0.4 is 4.74 Å². The van der Waals surface area contributed by atoms with Gasteiger partial charge in [-0.3, -0.25) is 0 Å². The van der Waals surface area contributed by atoms with E-state index in [-0.39, 0.29) is 0 Å². The monoisotopic (exact) mass is 342 g/mol. The van der Waals surface area contributed by atoms with E-state index in [1.165, 1.54) is 48.6 Å². The first-order chi connectivity index (χ1) is 12.2. The van der Waals surface area contributed by atoms with Crippen LogP contribution in [-0.2, 0) is 0 Å². The first-order valence-electron chi connectivity index (χ1n) is 9.77. The number of benzene rings is 1. The molecule has 0 radical (unpaired) electrons. The number of hydrogen-bond donors (Lipinski definition) is 2. The standard InChI is InChI=1S/C21H30N2O2/c1-25-17-5-6-20-18(13-17)19(14-22-20)16-7-11-23(12-8-16)15-21(24)9-3-2-4-10-21/h5-6,13-14,16,22,24H,2-4,7-12,15H2,1H3. The van der Waals surface area contributed by atoms with Gasteiger partial charge in [0, 0.05) is 23.6 Å². The van der Waals surface area contributed by atoms with E-state index >= 15 is 0 Å². The molecule has 2 fully saturated rings. The van der Waals surface area contributed by atoms with Crippen molar-refractivity contribution in [3.05, 3.63) is 30.0 Å². The van der Waals surface area contributed by atoms with Crippen LogP contribution in [0.2, 0.25) is 0 Å². The molecule has 0 atom stereocenters. The van der Waals surface area contributed by atoms with Crippen LogP contribution in [0.15, 0.2) is 24.4 Å². The van der Waals surface area contributed by atoms with Crippen molar-refractivity contribution >= 4 is 10.9 Å². The van der Waals surface area contributed by atoms with Crippen molar-refractivity contribution in [2.75, 3.05) is 26.7 Å². The minimum Gasteiger partial charge on any atom is -0.497 e. The van der Waals surface area contributed by atoms with Crippen molar-refractivity contribution in [1.82, 2.24) is 9.88 Å². The Morgan fingerprint density at radius 2 is 1.96 bits per heavy atom. The summed E-state index contributed by atoms with van der Waals surface area (Å²) in [5, 5.41) is 12.1. The zero-order valence-corrected chi connectivity index (χ0v) is 15.3. The van der Waals surface area contributed by atoms with Gasteiger partial charge >= 0.3 is 0 Å². The number of H-pyrrole nitrogens is 1. The van der Waals surface area contributed by atoms with Crippen molar-refractivity contribution < 1.29 is 9.84 Å². The maximum absolute atomic E-state index is 10.8. The summed E-state index contributed by atoms with van der Waals surface area (Å²) in [7, 11) is 1.72. The van der Waals surface area contributed by atoms with Crippen molar-refractivity contribution in [3.8, 4) is 5.75 Å². The highest BCUT2D eigenvalue weighted by Crippen LogP contribution is 2.36. The summed E-state index contributed by atoms with van der Waals surface area (Å²) in [6, 6.07) is 6.26. The minimum atomic E-state index is -0.431. The molecule has 4 heteroatoms. The second kappa shape index (κ2) is 7.00. The van der Waals surface area contributed by atoms with Gasteiger partial charge in [0.1, 0.15) is 5.75 Å². The predicted octanol–water partition coefficient (Wildman–Crippen LogP) is 4.05. The average Bonchev–Trinajstić information content (AvgIpc) is 3.05. The number of rotatable bonds is 4. The SMILES string of the molecule is COc1ccc2[nH]cc(C3CCN(CC4(O)CCCCC4)CC3)c2c1. The van der Waals surface area contributed by atoms with Crippen LogP contribution in [0.4, 0.5) is 0 Å². The van der Waals surface area contributed by atoms with Gasteiger partial charge in [-0.05, 0) is 68.5 Å². The summed E-state index contributed by atoms with van der Waals surface area (Å²) in [5.41, 5.74) is 2.18. The molecule has 2 aliphatic rings. The fourth-order valence-corrected chi connectivity index (χ4v) is 4.77. The highest BCUT2D eigenvalue weighted by Gasteiger charge is 2.33. The van der Waals surface area contributed by atoms with Gasteiger partial charge in [-0.1, -0.05) is 19.3 Å². The van der Waals surface area contributed by atoms with Crippen LogP contribution in [0.25, 0.3) is 10.9 Å². The molecule has 1 aliphatic carbocycles. The summed E-state index contributed by atoms with van der Waals surface area (Å²) < 4.78 is 5.40. The fraction of sp³-hybridized carbons (Fsp3) is 0.619. The van der Waals surface area contributed by atoms with Gasteiger partial charge in [0.2, 0.25) is 0 Å². The van der Waals surface area contributed by atoms with Gasteiger partial charge in [-0.25, -0.2) is 0 Å². The van der Waals surface area contributed by atoms with Crippen LogP contribution in [-0.4, -0.2) is 47.3 Å². The Kier molecular flexibility index (Phi) is 4.74. The third-order valence-electron chi connectivity index (χ3n) is 6.25. The molecule has 0 unspecified atom stereocenters. The normalized spacial score (nSPS) is 22.3. The van der Waals surface area contributed by atoms with Crippen molar-refractivity contribution in [2.45, 2.75) is 56.5 Å². The van der Waals surface area contributed by atoms with Gasteiger partial charge in [0.05, 0.1) is 12.7 Å². The van der Waals surface area contributed by atoms with Crippen LogP contribution in [0.3, 0.4) is 0 Å². The van der Waals surface area contributed by atoms with Gasteiger partial charge in [0.15, 0.2) is 0 Å². The van der Waals surface area contributed by atoms with E-state index in [0.29, 0.717) is 5.92 Å². The lowest BCUT2D eigenvalue weighted by molar-refractivity contribution is -0.0307. The van der Waals surface area contributed by atoms with Crippen molar-refractivity contribution in [2.24, 2.45) is 0 Å². The molecule has 1 aliphatic heterocycles. The maximum Gasteiger partial charge on any atom is 0.119 e. The lowest BCUT2D eigenvalue weighted by Gasteiger charge is -2.40. The molecule has 1 aromatic carbocycles. The van der Waals surface area contributed by atoms with E-state index < -0.39 is 5.60 Å². The molecular weight excluding hydrogens is 312 g/mol. The number of nitrogens with zero attached hydrogens (tertiary/aromatic N) is 1. The van der Waals surface area contributed by atoms with Crippen LogP contribution in [0, 0.1) is 0 Å². The van der Waals surface area contributed by atoms with Crippen LogP contribution in [0.5, 0.6) is 5.75 Å². The Hall–Kier alpha value is -1.52. The van der Waals surface area contributed by atoms with Crippen molar-refractivity contribution in [1.29, 1.82) is 0 Å². The molecule has 25 heavy (non-hydrogen) atoms. The molecule has 0 spiro atoms. The van der Waals surface area contributed by atoms with E-state index in [9.17, 15) is 5.11 Å². The molecule has 1 saturated heterocycles. The molecule has 4 nitrogen and oxygen atoms in total. The largest absolute Gasteiger partial charge is 0.497 e. The number of β-amino-alcohol motifs (C(OH)–C–C–N with tert-alkyl or cyclic N) is 1. The first kappa shape index (κ1) is 16.9. The lowest BCUT2D eigenvalue weighted by atomic mass is 9.83. The average molecular weight is 342 g/mol. The summed E-state index contributed by atoms with van der Waals surface area (Å²) in [4.78, 5) is 5.89. The maximum atomic E-state index is 10.8. The molecule has 4 rings (SSSR count). The summed E-state index contributed by atoms with van der Waals surface area (Å²) in [5.74, 6) is 1.52. The number of ether oxygens (including phenoxy) is 1. The molecule has 2 N–H and O–H groups in total. The van der Waals surface area contributed by atoms with E-state index in [0.717, 1.165) is 38.2 Å². The van der Waals surface area contributed by atoms with Crippen LogP contribution >= 0.6 is 0 Å². The Balaban J connectivity index is 1.42. The predicted molar refractivity (Wildman–Crippen MR) is 101 cm³/mol. The molecule has 1 saturated carbocycles. The Morgan fingerprint density at radius 1 is 1.20 bits per heavy atom. The highest BCUT2D eigenvalue weighted by molar-refractivity contribution is 5.85. The quantitative estimate of drug-likeness (QED) is 0.881. The Morgan fingerprint density at radius 3 is 2.68 bits per heavy atom. The number of hydrogen-bond acceptors (Lipinski definition) is 3. The minimum absolute atomic E-state index is 0.431. The van der Waals surface area contributed by atoms with E-state index in [2.05, 4.69) is 28.2 Å². The van der Waals surface area contributed by atoms with Crippen LogP contribution in [0.1, 0.15) is 56.4 Å². The van der Waals surface area contributed by atoms with Crippen molar-refractivity contribution in [3.63, 3.8) is 0 Å². The number of fused-ring (bicyclic) bond motifs is 1. The molecule has 0 bridgehead atoms. The number of nitrogens with one attached hydrogen (secondary N) is 1. The van der Waals surface area contributed by atoms with Gasteiger partial charge in [-0.15, -0.1) is 0 Å². The topological polar surface area (TPSA) is 48.5 Å².